The second-order valence-electron chi connectivity index (χ2n) is 6.77. The number of ether oxygens (including phenoxy) is 1. The SMILES string of the molecule is CCC(C(=O)Nc1ccc(C)c(Cl)c1)n1c(=O)cc(C)c2cccc(OC)c21. The number of para-hydroxylation sites is 1. The van der Waals surface area contributed by atoms with Crippen molar-refractivity contribution in [1.82, 2.24) is 4.57 Å². The van der Waals surface area contributed by atoms with Gasteiger partial charge in [0.1, 0.15) is 11.8 Å². The minimum atomic E-state index is -0.688. The number of pyridine rings is 1. The number of methoxy groups -OCH3 is 1. The van der Waals surface area contributed by atoms with Crippen molar-refractivity contribution < 1.29 is 9.53 Å². The van der Waals surface area contributed by atoms with Gasteiger partial charge in [-0.15, -0.1) is 0 Å². The monoisotopic (exact) mass is 398 g/mol. The first kappa shape index (κ1) is 20.0. The van der Waals surface area contributed by atoms with E-state index in [0.717, 1.165) is 16.5 Å². The summed E-state index contributed by atoms with van der Waals surface area (Å²) in [5.74, 6) is 0.281. The van der Waals surface area contributed by atoms with Crippen LogP contribution in [0.1, 0.15) is 30.5 Å². The minimum absolute atomic E-state index is 0.238. The van der Waals surface area contributed by atoms with Gasteiger partial charge < -0.3 is 10.1 Å². The molecule has 1 unspecified atom stereocenters. The van der Waals surface area contributed by atoms with E-state index in [0.29, 0.717) is 28.4 Å². The number of anilines is 1. The maximum atomic E-state index is 13.1. The summed E-state index contributed by atoms with van der Waals surface area (Å²) in [5.41, 5.74) is 2.75. The molecule has 0 aliphatic heterocycles. The molecule has 1 heterocycles. The number of hydrogen-bond acceptors (Lipinski definition) is 3. The maximum absolute atomic E-state index is 13.1. The molecule has 1 aromatic heterocycles. The van der Waals surface area contributed by atoms with Crippen LogP contribution >= 0.6 is 11.6 Å². The topological polar surface area (TPSA) is 60.3 Å². The zero-order valence-electron chi connectivity index (χ0n) is 16.4. The molecular weight excluding hydrogens is 376 g/mol. The first-order chi connectivity index (χ1) is 13.4. The van der Waals surface area contributed by atoms with Gasteiger partial charge in [0.2, 0.25) is 5.91 Å². The molecular formula is C22H23ClN2O3. The normalized spacial score (nSPS) is 12.0. The summed E-state index contributed by atoms with van der Waals surface area (Å²) in [4.78, 5) is 26.0. The predicted molar refractivity (Wildman–Crippen MR) is 114 cm³/mol. The highest BCUT2D eigenvalue weighted by atomic mass is 35.5. The lowest BCUT2D eigenvalue weighted by atomic mass is 10.1. The van der Waals surface area contributed by atoms with E-state index >= 15 is 0 Å². The van der Waals surface area contributed by atoms with Gasteiger partial charge in [-0.1, -0.05) is 36.7 Å². The number of halogens is 1. The second-order valence-corrected chi connectivity index (χ2v) is 7.18. The Hall–Kier alpha value is -2.79. The van der Waals surface area contributed by atoms with E-state index in [4.69, 9.17) is 16.3 Å². The number of nitrogens with one attached hydrogen (secondary N) is 1. The number of nitrogens with zero attached hydrogens (tertiary/aromatic N) is 1. The molecule has 0 aliphatic rings. The summed E-state index contributed by atoms with van der Waals surface area (Å²) in [5, 5.41) is 4.33. The van der Waals surface area contributed by atoms with Crippen molar-refractivity contribution in [1.29, 1.82) is 0 Å². The molecule has 6 heteroatoms. The van der Waals surface area contributed by atoms with Crippen LogP contribution in [0, 0.1) is 13.8 Å². The number of carbonyl (C=O) groups is 1. The maximum Gasteiger partial charge on any atom is 0.252 e. The fourth-order valence-electron chi connectivity index (χ4n) is 3.39. The molecule has 28 heavy (non-hydrogen) atoms. The molecule has 5 nitrogen and oxygen atoms in total. The fourth-order valence-corrected chi connectivity index (χ4v) is 3.57. The Labute approximate surface area is 168 Å². The fraction of sp³-hybridized carbons (Fsp3) is 0.273. The van der Waals surface area contributed by atoms with Crippen LogP contribution < -0.4 is 15.6 Å². The number of carbonyl (C=O) groups excluding carboxylic acids is 1. The number of aryl methyl sites for hydroxylation is 2. The lowest BCUT2D eigenvalue weighted by Gasteiger charge is -2.22. The van der Waals surface area contributed by atoms with E-state index in [1.165, 1.54) is 4.57 Å². The van der Waals surface area contributed by atoms with Gasteiger partial charge in [-0.2, -0.15) is 0 Å². The van der Waals surface area contributed by atoms with Gasteiger partial charge in [0.05, 0.1) is 12.6 Å². The summed E-state index contributed by atoms with van der Waals surface area (Å²) in [6.07, 6.45) is 0.446. The quantitative estimate of drug-likeness (QED) is 0.666. The Morgan fingerprint density at radius 3 is 2.57 bits per heavy atom. The standard InChI is InChI=1S/C22H23ClN2O3/c1-5-18(22(27)24-15-10-9-13(2)17(23)12-15)25-20(26)11-14(3)16-7-6-8-19(28-4)21(16)25/h6-12,18H,5H2,1-4H3,(H,24,27). The summed E-state index contributed by atoms with van der Waals surface area (Å²) in [7, 11) is 1.56. The summed E-state index contributed by atoms with van der Waals surface area (Å²) in [6, 6.07) is 11.8. The Morgan fingerprint density at radius 2 is 1.93 bits per heavy atom. The zero-order chi connectivity index (χ0) is 20.4. The van der Waals surface area contributed by atoms with Crippen LogP contribution in [0.2, 0.25) is 5.02 Å². The van der Waals surface area contributed by atoms with Gasteiger partial charge in [-0.3, -0.25) is 14.2 Å². The van der Waals surface area contributed by atoms with Gasteiger partial charge >= 0.3 is 0 Å². The van der Waals surface area contributed by atoms with Crippen molar-refractivity contribution in [2.24, 2.45) is 0 Å². The molecule has 3 rings (SSSR count). The first-order valence-electron chi connectivity index (χ1n) is 9.13. The molecule has 0 saturated carbocycles. The first-order valence-corrected chi connectivity index (χ1v) is 9.51. The number of aromatic nitrogens is 1. The van der Waals surface area contributed by atoms with Crippen LogP contribution in [-0.4, -0.2) is 17.6 Å². The van der Waals surface area contributed by atoms with Crippen molar-refractivity contribution in [3.63, 3.8) is 0 Å². The molecule has 0 fully saturated rings. The van der Waals surface area contributed by atoms with Crippen molar-refractivity contribution in [3.8, 4) is 5.75 Å². The number of rotatable bonds is 5. The average molecular weight is 399 g/mol. The highest BCUT2D eigenvalue weighted by molar-refractivity contribution is 6.31. The second kappa shape index (κ2) is 8.07. The van der Waals surface area contributed by atoms with E-state index < -0.39 is 6.04 Å². The lowest BCUT2D eigenvalue weighted by molar-refractivity contribution is -0.119. The van der Waals surface area contributed by atoms with Gasteiger partial charge in [0, 0.05) is 22.2 Å². The third kappa shape index (κ3) is 3.62. The molecule has 0 radical (unpaired) electrons. The lowest BCUT2D eigenvalue weighted by Crippen LogP contribution is -2.33. The largest absolute Gasteiger partial charge is 0.495 e. The number of hydrogen-bond donors (Lipinski definition) is 1. The highest BCUT2D eigenvalue weighted by Gasteiger charge is 2.24. The van der Waals surface area contributed by atoms with Crippen molar-refractivity contribution in [3.05, 3.63) is 69.0 Å². The minimum Gasteiger partial charge on any atom is -0.495 e. The highest BCUT2D eigenvalue weighted by Crippen LogP contribution is 2.30. The van der Waals surface area contributed by atoms with Crippen molar-refractivity contribution >= 4 is 34.1 Å². The van der Waals surface area contributed by atoms with Crippen molar-refractivity contribution in [2.45, 2.75) is 33.2 Å². The van der Waals surface area contributed by atoms with Crippen LogP contribution in [0.3, 0.4) is 0 Å². The van der Waals surface area contributed by atoms with Crippen LogP contribution in [0.15, 0.2) is 47.3 Å². The molecule has 1 amide bonds. The van der Waals surface area contributed by atoms with Crippen LogP contribution in [-0.2, 0) is 4.79 Å². The molecule has 0 saturated heterocycles. The molecule has 0 bridgehead atoms. The Kier molecular flexibility index (Phi) is 5.75. The van der Waals surface area contributed by atoms with E-state index in [2.05, 4.69) is 5.32 Å². The van der Waals surface area contributed by atoms with E-state index in [-0.39, 0.29) is 11.5 Å². The third-order valence-electron chi connectivity index (χ3n) is 4.90. The molecule has 3 aromatic rings. The van der Waals surface area contributed by atoms with Gasteiger partial charge in [-0.05, 0) is 49.6 Å². The Bertz CT molecular complexity index is 1100. The summed E-state index contributed by atoms with van der Waals surface area (Å²) in [6.45, 7) is 5.65. The van der Waals surface area contributed by atoms with E-state index in [1.54, 1.807) is 31.4 Å². The number of fused-ring (bicyclic) bond motifs is 1. The zero-order valence-corrected chi connectivity index (χ0v) is 17.1. The predicted octanol–water partition coefficient (Wildman–Crippen LogP) is 4.87. The summed E-state index contributed by atoms with van der Waals surface area (Å²) >= 11 is 6.17. The van der Waals surface area contributed by atoms with Gasteiger partial charge in [0.25, 0.3) is 5.56 Å². The van der Waals surface area contributed by atoms with Crippen LogP contribution in [0.25, 0.3) is 10.9 Å². The van der Waals surface area contributed by atoms with Crippen LogP contribution in [0.4, 0.5) is 5.69 Å². The number of benzene rings is 2. The number of amides is 1. The average Bonchev–Trinajstić information content (AvgIpc) is 2.67. The molecule has 0 spiro atoms. The van der Waals surface area contributed by atoms with Gasteiger partial charge in [-0.25, -0.2) is 0 Å². The summed E-state index contributed by atoms with van der Waals surface area (Å²) < 4.78 is 7.01. The van der Waals surface area contributed by atoms with E-state index in [9.17, 15) is 9.59 Å². The molecule has 1 atom stereocenters. The molecule has 0 aliphatic carbocycles. The third-order valence-corrected chi connectivity index (χ3v) is 5.31. The smallest absolute Gasteiger partial charge is 0.252 e. The van der Waals surface area contributed by atoms with Crippen LogP contribution in [0.5, 0.6) is 5.75 Å². The molecule has 146 valence electrons. The molecule has 2 aromatic carbocycles. The van der Waals surface area contributed by atoms with Crippen molar-refractivity contribution in [2.75, 3.05) is 12.4 Å². The van der Waals surface area contributed by atoms with Gasteiger partial charge in [0.15, 0.2) is 0 Å². The Balaban J connectivity index is 2.11. The molecule has 1 N–H and O–H groups in total. The Morgan fingerprint density at radius 1 is 1.18 bits per heavy atom. The van der Waals surface area contributed by atoms with E-state index in [1.807, 2.05) is 39.0 Å².